The molecule has 35 heavy (non-hydrogen) atoms. The van der Waals surface area contributed by atoms with Crippen molar-refractivity contribution in [2.45, 2.75) is 36.5 Å². The SMILES string of the molecule is CCOc1ccc(S(=O)(=O)N2CCC[C@H](C(=O)Nc3cc(S(=O)(=O)N(C)C)ccc3C)C2)cc1Cl. The lowest BCUT2D eigenvalue weighted by Crippen LogP contribution is -2.43. The van der Waals surface area contributed by atoms with E-state index in [1.54, 1.807) is 19.9 Å². The molecule has 0 spiro atoms. The Morgan fingerprint density at radius 3 is 2.46 bits per heavy atom. The van der Waals surface area contributed by atoms with Gasteiger partial charge in [0.05, 0.1) is 27.3 Å². The summed E-state index contributed by atoms with van der Waals surface area (Å²) in [5, 5.41) is 2.99. The summed E-state index contributed by atoms with van der Waals surface area (Å²) in [7, 11) is -4.68. The minimum atomic E-state index is -3.87. The van der Waals surface area contributed by atoms with Gasteiger partial charge >= 0.3 is 0 Å². The highest BCUT2D eigenvalue weighted by molar-refractivity contribution is 7.89. The molecule has 3 rings (SSSR count). The van der Waals surface area contributed by atoms with Crippen molar-refractivity contribution in [3.63, 3.8) is 0 Å². The van der Waals surface area contributed by atoms with E-state index in [1.807, 2.05) is 0 Å². The summed E-state index contributed by atoms with van der Waals surface area (Å²) in [5.74, 6) is -0.555. The summed E-state index contributed by atoms with van der Waals surface area (Å²) in [5.41, 5.74) is 1.07. The molecule has 1 aliphatic rings. The lowest BCUT2D eigenvalue weighted by molar-refractivity contribution is -0.120. The Balaban J connectivity index is 1.78. The lowest BCUT2D eigenvalue weighted by Gasteiger charge is -2.31. The Bertz CT molecular complexity index is 1310. The minimum absolute atomic E-state index is 0.00767. The van der Waals surface area contributed by atoms with Gasteiger partial charge in [0.1, 0.15) is 5.75 Å². The molecular weight excluding hydrogens is 514 g/mol. The second-order valence-electron chi connectivity index (χ2n) is 8.48. The average molecular weight is 544 g/mol. The molecule has 0 aliphatic carbocycles. The standard InChI is InChI=1S/C23H30ClN3O6S2/c1-5-33-22-11-10-18(13-20(22)24)35(31,32)27-12-6-7-17(15-27)23(28)25-21-14-19(9-8-16(21)2)34(29,30)26(3)4/h8-11,13-14,17H,5-7,12,15H2,1-4H3,(H,25,28)/t17-/m0/s1. The third kappa shape index (κ3) is 5.97. The van der Waals surface area contributed by atoms with Crippen molar-refractivity contribution in [1.29, 1.82) is 0 Å². The number of ether oxygens (including phenoxy) is 1. The van der Waals surface area contributed by atoms with Gasteiger partial charge in [-0.05, 0) is 62.6 Å². The van der Waals surface area contributed by atoms with Crippen LogP contribution < -0.4 is 10.1 Å². The zero-order chi connectivity index (χ0) is 26.0. The number of benzene rings is 2. The average Bonchev–Trinajstić information content (AvgIpc) is 2.81. The molecule has 1 aliphatic heterocycles. The van der Waals surface area contributed by atoms with E-state index in [2.05, 4.69) is 5.32 Å². The Kier molecular flexibility index (Phi) is 8.48. The molecule has 2 aromatic rings. The normalized spacial score (nSPS) is 17.4. The third-order valence-electron chi connectivity index (χ3n) is 5.84. The van der Waals surface area contributed by atoms with E-state index in [0.717, 1.165) is 4.31 Å². The number of hydrogen-bond acceptors (Lipinski definition) is 6. The Morgan fingerprint density at radius 2 is 1.83 bits per heavy atom. The fraction of sp³-hybridized carbons (Fsp3) is 0.435. The largest absolute Gasteiger partial charge is 0.492 e. The van der Waals surface area contributed by atoms with Crippen molar-refractivity contribution in [1.82, 2.24) is 8.61 Å². The third-order valence-corrected chi connectivity index (χ3v) is 9.81. The van der Waals surface area contributed by atoms with Crippen molar-refractivity contribution in [3.05, 3.63) is 47.0 Å². The van der Waals surface area contributed by atoms with Crippen molar-refractivity contribution < 1.29 is 26.4 Å². The molecule has 1 amide bonds. The molecule has 1 atom stereocenters. The first-order chi connectivity index (χ1) is 16.4. The molecule has 1 saturated heterocycles. The van der Waals surface area contributed by atoms with Crippen molar-refractivity contribution >= 4 is 43.2 Å². The predicted molar refractivity (Wildman–Crippen MR) is 135 cm³/mol. The van der Waals surface area contributed by atoms with Gasteiger partial charge in [-0.25, -0.2) is 21.1 Å². The first kappa shape index (κ1) is 27.4. The van der Waals surface area contributed by atoms with Crippen molar-refractivity contribution in [3.8, 4) is 5.75 Å². The molecule has 2 aromatic carbocycles. The van der Waals surface area contributed by atoms with Crippen LogP contribution in [0.15, 0.2) is 46.2 Å². The van der Waals surface area contributed by atoms with Gasteiger partial charge in [-0.3, -0.25) is 4.79 Å². The first-order valence-electron chi connectivity index (χ1n) is 11.1. The fourth-order valence-corrected chi connectivity index (χ4v) is 6.56. The maximum Gasteiger partial charge on any atom is 0.243 e. The number of nitrogens with zero attached hydrogens (tertiary/aromatic N) is 2. The fourth-order valence-electron chi connectivity index (χ4n) is 3.78. The molecule has 192 valence electrons. The summed E-state index contributed by atoms with van der Waals surface area (Å²) in [6.07, 6.45) is 1.02. The zero-order valence-corrected chi connectivity index (χ0v) is 22.5. The van der Waals surface area contributed by atoms with E-state index >= 15 is 0 Å². The number of aryl methyl sites for hydroxylation is 1. The van der Waals surface area contributed by atoms with E-state index in [4.69, 9.17) is 16.3 Å². The number of sulfonamides is 2. The number of carbonyl (C=O) groups is 1. The van der Waals surface area contributed by atoms with Crippen LogP contribution in [0.4, 0.5) is 5.69 Å². The molecule has 0 aromatic heterocycles. The van der Waals surface area contributed by atoms with E-state index in [1.165, 1.54) is 48.7 Å². The molecule has 0 radical (unpaired) electrons. The van der Waals surface area contributed by atoms with E-state index in [0.29, 0.717) is 36.4 Å². The second kappa shape index (κ2) is 10.8. The van der Waals surface area contributed by atoms with Crippen LogP contribution in [-0.4, -0.2) is 65.1 Å². The number of hydrogen-bond donors (Lipinski definition) is 1. The van der Waals surface area contributed by atoms with Gasteiger partial charge in [0.15, 0.2) is 0 Å². The molecule has 12 heteroatoms. The summed E-state index contributed by atoms with van der Waals surface area (Å²) in [6, 6.07) is 8.84. The maximum absolute atomic E-state index is 13.2. The lowest BCUT2D eigenvalue weighted by atomic mass is 9.98. The smallest absolute Gasteiger partial charge is 0.243 e. The Labute approximate surface area is 212 Å². The predicted octanol–water partition coefficient (Wildman–Crippen LogP) is 3.34. The summed E-state index contributed by atoms with van der Waals surface area (Å²) in [4.78, 5) is 13.2. The van der Waals surface area contributed by atoms with Gasteiger partial charge < -0.3 is 10.1 Å². The van der Waals surface area contributed by atoms with Crippen LogP contribution in [0, 0.1) is 12.8 Å². The number of anilines is 1. The van der Waals surface area contributed by atoms with Gasteiger partial charge in [-0.1, -0.05) is 17.7 Å². The van der Waals surface area contributed by atoms with Crippen molar-refractivity contribution in [2.75, 3.05) is 39.1 Å². The highest BCUT2D eigenvalue weighted by Crippen LogP contribution is 2.31. The number of rotatable bonds is 8. The number of piperidine rings is 1. The van der Waals surface area contributed by atoms with Gasteiger partial charge in [-0.15, -0.1) is 0 Å². The highest BCUT2D eigenvalue weighted by atomic mass is 35.5. The topological polar surface area (TPSA) is 113 Å². The van der Waals surface area contributed by atoms with Crippen LogP contribution in [0.1, 0.15) is 25.3 Å². The molecule has 9 nitrogen and oxygen atoms in total. The Hall–Kier alpha value is -2.18. The molecule has 0 unspecified atom stereocenters. The minimum Gasteiger partial charge on any atom is -0.492 e. The van der Waals surface area contributed by atoms with Crippen LogP contribution in [0.2, 0.25) is 5.02 Å². The number of carbonyl (C=O) groups excluding carboxylic acids is 1. The second-order valence-corrected chi connectivity index (χ2v) is 13.0. The van der Waals surface area contributed by atoms with Crippen molar-refractivity contribution in [2.24, 2.45) is 5.92 Å². The first-order valence-corrected chi connectivity index (χ1v) is 14.4. The summed E-state index contributed by atoms with van der Waals surface area (Å²) in [6.45, 7) is 4.26. The van der Waals surface area contributed by atoms with Gasteiger partial charge in [0.2, 0.25) is 26.0 Å². The monoisotopic (exact) mass is 543 g/mol. The van der Waals surface area contributed by atoms with E-state index < -0.39 is 26.0 Å². The van der Waals surface area contributed by atoms with E-state index in [-0.39, 0.29) is 33.8 Å². The van der Waals surface area contributed by atoms with Gasteiger partial charge in [0.25, 0.3) is 0 Å². The number of halogens is 1. The highest BCUT2D eigenvalue weighted by Gasteiger charge is 2.34. The maximum atomic E-state index is 13.2. The molecule has 1 N–H and O–H groups in total. The number of nitrogens with one attached hydrogen (secondary N) is 1. The van der Waals surface area contributed by atoms with Crippen LogP contribution in [0.25, 0.3) is 0 Å². The quantitative estimate of drug-likeness (QED) is 0.546. The van der Waals surface area contributed by atoms with Gasteiger partial charge in [-0.2, -0.15) is 4.31 Å². The van der Waals surface area contributed by atoms with Crippen LogP contribution in [-0.2, 0) is 24.8 Å². The van der Waals surface area contributed by atoms with E-state index in [9.17, 15) is 21.6 Å². The summed E-state index contributed by atoms with van der Waals surface area (Å²) >= 11 is 6.18. The van der Waals surface area contributed by atoms with Crippen LogP contribution in [0.3, 0.4) is 0 Å². The number of amides is 1. The molecule has 1 fully saturated rings. The van der Waals surface area contributed by atoms with Crippen LogP contribution in [0.5, 0.6) is 5.75 Å². The molecule has 0 saturated carbocycles. The van der Waals surface area contributed by atoms with Crippen LogP contribution >= 0.6 is 11.6 Å². The summed E-state index contributed by atoms with van der Waals surface area (Å²) < 4.78 is 59.2. The Morgan fingerprint density at radius 1 is 1.14 bits per heavy atom. The zero-order valence-electron chi connectivity index (χ0n) is 20.1. The molecule has 1 heterocycles. The van der Waals surface area contributed by atoms with Gasteiger partial charge in [0, 0.05) is 32.9 Å². The molecular formula is C23H30ClN3O6S2. The molecule has 0 bridgehead atoms.